The van der Waals surface area contributed by atoms with E-state index >= 15 is 0 Å². The van der Waals surface area contributed by atoms with Crippen LogP contribution in [0.2, 0.25) is 0 Å². The number of aliphatic hydroxyl groups is 1. The lowest BCUT2D eigenvalue weighted by molar-refractivity contribution is 0.280. The summed E-state index contributed by atoms with van der Waals surface area (Å²) in [5.41, 5.74) is 3.45. The summed E-state index contributed by atoms with van der Waals surface area (Å²) in [5, 5.41) is 12.5. The van der Waals surface area contributed by atoms with Crippen LogP contribution in [-0.2, 0) is 13.2 Å². The number of hydrogen-bond donors (Lipinski definition) is 2. The van der Waals surface area contributed by atoms with Gasteiger partial charge in [0.2, 0.25) is 0 Å². The normalized spacial score (nSPS) is 10.9. The molecule has 0 aliphatic heterocycles. The Morgan fingerprint density at radius 3 is 2.57 bits per heavy atom. The van der Waals surface area contributed by atoms with E-state index in [2.05, 4.69) is 32.2 Å². The second kappa shape index (κ2) is 5.13. The number of benzene rings is 1. The molecule has 0 aromatic heterocycles. The van der Waals surface area contributed by atoms with Crippen molar-refractivity contribution >= 4 is 0 Å². The SMILES string of the molecule is Cc1ccc(CO)c(CNC(C)C)c1. The van der Waals surface area contributed by atoms with Crippen LogP contribution in [0.5, 0.6) is 0 Å². The zero-order valence-electron chi connectivity index (χ0n) is 9.17. The van der Waals surface area contributed by atoms with Gasteiger partial charge in [0.05, 0.1) is 6.61 Å². The Balaban J connectivity index is 2.77. The van der Waals surface area contributed by atoms with Crippen LogP contribution in [-0.4, -0.2) is 11.1 Å². The first-order chi connectivity index (χ1) is 6.63. The smallest absolute Gasteiger partial charge is 0.0685 e. The molecular formula is C12H19NO. The van der Waals surface area contributed by atoms with Crippen LogP contribution in [0.25, 0.3) is 0 Å². The van der Waals surface area contributed by atoms with E-state index in [-0.39, 0.29) is 6.61 Å². The van der Waals surface area contributed by atoms with E-state index in [1.54, 1.807) is 0 Å². The molecule has 0 aliphatic rings. The van der Waals surface area contributed by atoms with Crippen molar-refractivity contribution < 1.29 is 5.11 Å². The zero-order chi connectivity index (χ0) is 10.6. The van der Waals surface area contributed by atoms with Gasteiger partial charge in [0.15, 0.2) is 0 Å². The summed E-state index contributed by atoms with van der Waals surface area (Å²) in [4.78, 5) is 0. The van der Waals surface area contributed by atoms with Gasteiger partial charge in [-0.05, 0) is 18.1 Å². The molecule has 0 aliphatic carbocycles. The first-order valence-corrected chi connectivity index (χ1v) is 5.06. The third-order valence-electron chi connectivity index (χ3n) is 2.23. The first kappa shape index (κ1) is 11.2. The van der Waals surface area contributed by atoms with Crippen molar-refractivity contribution in [1.82, 2.24) is 5.32 Å². The zero-order valence-corrected chi connectivity index (χ0v) is 9.17. The summed E-state index contributed by atoms with van der Waals surface area (Å²) in [7, 11) is 0. The van der Waals surface area contributed by atoms with Crippen LogP contribution >= 0.6 is 0 Å². The molecule has 0 saturated carbocycles. The second-order valence-corrected chi connectivity index (χ2v) is 3.97. The largest absolute Gasteiger partial charge is 0.392 e. The molecule has 1 rings (SSSR count). The third kappa shape index (κ3) is 3.13. The van der Waals surface area contributed by atoms with Gasteiger partial charge in [-0.25, -0.2) is 0 Å². The van der Waals surface area contributed by atoms with Gasteiger partial charge in [0.25, 0.3) is 0 Å². The lowest BCUT2D eigenvalue weighted by atomic mass is 10.0. The molecule has 14 heavy (non-hydrogen) atoms. The predicted octanol–water partition coefficient (Wildman–Crippen LogP) is 1.99. The van der Waals surface area contributed by atoms with Crippen molar-refractivity contribution in [1.29, 1.82) is 0 Å². The van der Waals surface area contributed by atoms with E-state index < -0.39 is 0 Å². The highest BCUT2D eigenvalue weighted by molar-refractivity contribution is 5.31. The molecular weight excluding hydrogens is 174 g/mol. The van der Waals surface area contributed by atoms with Gasteiger partial charge in [-0.3, -0.25) is 0 Å². The fourth-order valence-electron chi connectivity index (χ4n) is 1.39. The maximum Gasteiger partial charge on any atom is 0.0685 e. The lowest BCUT2D eigenvalue weighted by Crippen LogP contribution is -2.22. The van der Waals surface area contributed by atoms with Gasteiger partial charge in [-0.15, -0.1) is 0 Å². The molecule has 2 nitrogen and oxygen atoms in total. The van der Waals surface area contributed by atoms with Gasteiger partial charge in [0.1, 0.15) is 0 Å². The summed E-state index contributed by atoms with van der Waals surface area (Å²) < 4.78 is 0. The average molecular weight is 193 g/mol. The van der Waals surface area contributed by atoms with E-state index in [9.17, 15) is 0 Å². The van der Waals surface area contributed by atoms with Gasteiger partial charge in [-0.2, -0.15) is 0 Å². The standard InChI is InChI=1S/C12H19NO/c1-9(2)13-7-12-6-10(3)4-5-11(12)8-14/h4-6,9,13-14H,7-8H2,1-3H3. The van der Waals surface area contributed by atoms with Crippen LogP contribution in [0.3, 0.4) is 0 Å². The van der Waals surface area contributed by atoms with Gasteiger partial charge in [-0.1, -0.05) is 37.6 Å². The minimum Gasteiger partial charge on any atom is -0.392 e. The summed E-state index contributed by atoms with van der Waals surface area (Å²) >= 11 is 0. The molecule has 0 unspecified atom stereocenters. The number of aryl methyl sites for hydroxylation is 1. The number of nitrogens with one attached hydrogen (secondary N) is 1. The highest BCUT2D eigenvalue weighted by Crippen LogP contribution is 2.11. The molecule has 2 N–H and O–H groups in total. The van der Waals surface area contributed by atoms with Crippen molar-refractivity contribution in [3.63, 3.8) is 0 Å². The van der Waals surface area contributed by atoms with Gasteiger partial charge >= 0.3 is 0 Å². The summed E-state index contributed by atoms with van der Waals surface area (Å²) in [5.74, 6) is 0. The minimum absolute atomic E-state index is 0.120. The Labute approximate surface area is 86.0 Å². The Bertz CT molecular complexity index is 294. The average Bonchev–Trinajstić information content (AvgIpc) is 2.15. The molecule has 0 heterocycles. The first-order valence-electron chi connectivity index (χ1n) is 5.06. The summed E-state index contributed by atoms with van der Waals surface area (Å²) in [6.45, 7) is 7.26. The van der Waals surface area contributed by atoms with Crippen LogP contribution in [0.15, 0.2) is 18.2 Å². The van der Waals surface area contributed by atoms with E-state index in [0.717, 1.165) is 12.1 Å². The van der Waals surface area contributed by atoms with Gasteiger partial charge < -0.3 is 10.4 Å². The molecule has 1 aromatic carbocycles. The van der Waals surface area contributed by atoms with E-state index in [0.29, 0.717) is 6.04 Å². The van der Waals surface area contributed by atoms with Crippen LogP contribution in [0, 0.1) is 6.92 Å². The van der Waals surface area contributed by atoms with Crippen molar-refractivity contribution in [3.8, 4) is 0 Å². The molecule has 0 amide bonds. The van der Waals surface area contributed by atoms with E-state index in [4.69, 9.17) is 5.11 Å². The molecule has 0 radical (unpaired) electrons. The fourth-order valence-corrected chi connectivity index (χ4v) is 1.39. The number of hydrogen-bond acceptors (Lipinski definition) is 2. The Kier molecular flexibility index (Phi) is 4.11. The van der Waals surface area contributed by atoms with Crippen LogP contribution < -0.4 is 5.32 Å². The number of rotatable bonds is 4. The number of aliphatic hydroxyl groups excluding tert-OH is 1. The highest BCUT2D eigenvalue weighted by Gasteiger charge is 2.02. The fraction of sp³-hybridized carbons (Fsp3) is 0.500. The van der Waals surface area contributed by atoms with Crippen LogP contribution in [0.1, 0.15) is 30.5 Å². The van der Waals surface area contributed by atoms with Crippen molar-refractivity contribution in [2.24, 2.45) is 0 Å². The Hall–Kier alpha value is -0.860. The third-order valence-corrected chi connectivity index (χ3v) is 2.23. The van der Waals surface area contributed by atoms with Crippen molar-refractivity contribution in [2.75, 3.05) is 0 Å². The van der Waals surface area contributed by atoms with E-state index in [1.165, 1.54) is 11.1 Å². The molecule has 0 saturated heterocycles. The molecule has 0 fully saturated rings. The predicted molar refractivity (Wildman–Crippen MR) is 59.1 cm³/mol. The van der Waals surface area contributed by atoms with Crippen molar-refractivity contribution in [3.05, 3.63) is 34.9 Å². The highest BCUT2D eigenvalue weighted by atomic mass is 16.3. The molecule has 78 valence electrons. The van der Waals surface area contributed by atoms with Gasteiger partial charge in [0, 0.05) is 12.6 Å². The Morgan fingerprint density at radius 2 is 2.00 bits per heavy atom. The molecule has 0 atom stereocenters. The topological polar surface area (TPSA) is 32.3 Å². The van der Waals surface area contributed by atoms with E-state index in [1.807, 2.05) is 12.1 Å². The molecule has 1 aromatic rings. The summed E-state index contributed by atoms with van der Waals surface area (Å²) in [6, 6.07) is 6.62. The molecule has 2 heteroatoms. The maximum absolute atomic E-state index is 9.15. The Morgan fingerprint density at radius 1 is 1.29 bits per heavy atom. The summed E-state index contributed by atoms with van der Waals surface area (Å²) in [6.07, 6.45) is 0. The molecule has 0 spiro atoms. The lowest BCUT2D eigenvalue weighted by Gasteiger charge is -2.12. The quantitative estimate of drug-likeness (QED) is 0.766. The molecule has 0 bridgehead atoms. The maximum atomic E-state index is 9.15. The second-order valence-electron chi connectivity index (χ2n) is 3.97. The van der Waals surface area contributed by atoms with Crippen LogP contribution in [0.4, 0.5) is 0 Å². The monoisotopic (exact) mass is 193 g/mol. The minimum atomic E-state index is 0.120. The van der Waals surface area contributed by atoms with Crippen molar-refractivity contribution in [2.45, 2.75) is 40.0 Å².